The van der Waals surface area contributed by atoms with Gasteiger partial charge in [-0.15, -0.1) is 0 Å². The number of morpholine rings is 1. The molecule has 0 bridgehead atoms. The Morgan fingerprint density at radius 1 is 1.21 bits per heavy atom. The van der Waals surface area contributed by atoms with E-state index in [9.17, 15) is 0 Å². The van der Waals surface area contributed by atoms with Gasteiger partial charge in [0.15, 0.2) is 0 Å². The van der Waals surface area contributed by atoms with E-state index in [1.165, 1.54) is 5.56 Å². The molecule has 2 atom stereocenters. The molecule has 3 heteroatoms. The Hall–Kier alpha value is -1.06. The smallest absolute Gasteiger partial charge is 0.125 e. The molecule has 0 amide bonds. The van der Waals surface area contributed by atoms with Crippen molar-refractivity contribution in [3.63, 3.8) is 0 Å². The molecule has 1 fully saturated rings. The second-order valence-corrected chi connectivity index (χ2v) is 6.26. The number of benzene rings is 1. The molecule has 0 saturated carbocycles. The van der Waals surface area contributed by atoms with Crippen LogP contribution in [0.5, 0.6) is 5.75 Å². The number of fused-ring (bicyclic) bond motifs is 2. The Labute approximate surface area is 115 Å². The third kappa shape index (κ3) is 2.05. The second kappa shape index (κ2) is 4.50. The molecule has 1 aromatic rings. The van der Waals surface area contributed by atoms with E-state index in [0.717, 1.165) is 31.9 Å². The lowest BCUT2D eigenvalue weighted by Crippen LogP contribution is -2.60. The van der Waals surface area contributed by atoms with Gasteiger partial charge in [-0.3, -0.25) is 0 Å². The predicted octanol–water partition coefficient (Wildman–Crippen LogP) is 2.70. The number of ether oxygens (including phenoxy) is 2. The first-order chi connectivity index (χ1) is 9.06. The quantitative estimate of drug-likeness (QED) is 0.843. The molecule has 3 rings (SSSR count). The van der Waals surface area contributed by atoms with Gasteiger partial charge >= 0.3 is 0 Å². The minimum absolute atomic E-state index is 0.122. The molecule has 1 aromatic carbocycles. The van der Waals surface area contributed by atoms with E-state index in [4.69, 9.17) is 9.47 Å². The van der Waals surface area contributed by atoms with E-state index in [2.05, 4.69) is 38.2 Å². The van der Waals surface area contributed by atoms with Crippen molar-refractivity contribution in [2.75, 3.05) is 19.7 Å². The number of hydrogen-bond acceptors (Lipinski definition) is 3. The molecule has 1 spiro atoms. The largest absolute Gasteiger partial charge is 0.493 e. The zero-order chi connectivity index (χ0) is 13.5. The van der Waals surface area contributed by atoms with Gasteiger partial charge in [-0.1, -0.05) is 32.0 Å². The highest BCUT2D eigenvalue weighted by Crippen LogP contribution is 2.44. The van der Waals surface area contributed by atoms with Crippen molar-refractivity contribution in [1.29, 1.82) is 0 Å². The molecule has 2 aliphatic heterocycles. The minimum Gasteiger partial charge on any atom is -0.493 e. The lowest BCUT2D eigenvalue weighted by atomic mass is 9.82. The molecule has 1 saturated heterocycles. The molecule has 19 heavy (non-hydrogen) atoms. The Bertz CT molecular complexity index is 474. The van der Waals surface area contributed by atoms with E-state index in [-0.39, 0.29) is 11.2 Å². The average Bonchev–Trinajstić information content (AvgIpc) is 2.39. The molecular formula is C16H23NO2. The number of rotatable bonds is 1. The summed E-state index contributed by atoms with van der Waals surface area (Å²) >= 11 is 0. The van der Waals surface area contributed by atoms with Crippen LogP contribution >= 0.6 is 0 Å². The molecule has 104 valence electrons. The summed E-state index contributed by atoms with van der Waals surface area (Å²) in [4.78, 5) is 0. The molecule has 0 aromatic heterocycles. The highest BCUT2D eigenvalue weighted by atomic mass is 16.5. The number of nitrogens with one attached hydrogen (secondary N) is 1. The summed E-state index contributed by atoms with van der Waals surface area (Å²) in [5, 5.41) is 3.58. The maximum atomic E-state index is 6.65. The molecule has 3 nitrogen and oxygen atoms in total. The van der Waals surface area contributed by atoms with Gasteiger partial charge in [-0.05, 0) is 18.9 Å². The van der Waals surface area contributed by atoms with Gasteiger partial charge < -0.3 is 14.8 Å². The van der Waals surface area contributed by atoms with Crippen molar-refractivity contribution in [3.05, 3.63) is 29.8 Å². The fourth-order valence-corrected chi connectivity index (χ4v) is 3.07. The van der Waals surface area contributed by atoms with Gasteiger partial charge in [-0.2, -0.15) is 0 Å². The van der Waals surface area contributed by atoms with Crippen LogP contribution in [0.15, 0.2) is 24.3 Å². The van der Waals surface area contributed by atoms with Crippen molar-refractivity contribution in [1.82, 2.24) is 5.32 Å². The Balaban J connectivity index is 2.00. The lowest BCUT2D eigenvalue weighted by molar-refractivity contribution is -0.204. The fourth-order valence-electron chi connectivity index (χ4n) is 3.07. The summed E-state index contributed by atoms with van der Waals surface area (Å²) < 4.78 is 12.4. The second-order valence-electron chi connectivity index (χ2n) is 6.26. The summed E-state index contributed by atoms with van der Waals surface area (Å²) in [7, 11) is 0. The van der Waals surface area contributed by atoms with Gasteiger partial charge in [0.25, 0.3) is 0 Å². The first-order valence-electron chi connectivity index (χ1n) is 7.19. The van der Waals surface area contributed by atoms with E-state index >= 15 is 0 Å². The minimum atomic E-state index is -0.230. The summed E-state index contributed by atoms with van der Waals surface area (Å²) in [6, 6.07) is 8.28. The molecule has 1 N–H and O–H groups in total. The molecule has 0 aliphatic carbocycles. The molecule has 2 heterocycles. The third-order valence-corrected chi connectivity index (χ3v) is 4.68. The zero-order valence-electron chi connectivity index (χ0n) is 12.0. The van der Waals surface area contributed by atoms with Crippen molar-refractivity contribution >= 4 is 0 Å². The highest BCUT2D eigenvalue weighted by Gasteiger charge is 2.48. The first-order valence-corrected chi connectivity index (χ1v) is 7.19. The van der Waals surface area contributed by atoms with Crippen molar-refractivity contribution in [2.24, 2.45) is 5.92 Å². The fraction of sp³-hybridized carbons (Fsp3) is 0.625. The van der Waals surface area contributed by atoms with Crippen LogP contribution in [-0.4, -0.2) is 25.3 Å². The van der Waals surface area contributed by atoms with Crippen LogP contribution in [0.1, 0.15) is 32.8 Å². The molecule has 2 aliphatic rings. The summed E-state index contributed by atoms with van der Waals surface area (Å²) in [5.74, 6) is 1.45. The maximum absolute atomic E-state index is 6.65. The number of hydrogen-bond donors (Lipinski definition) is 1. The van der Waals surface area contributed by atoms with Gasteiger partial charge in [-0.25, -0.2) is 0 Å². The van der Waals surface area contributed by atoms with Crippen LogP contribution in [0.25, 0.3) is 0 Å². The monoisotopic (exact) mass is 261 g/mol. The summed E-state index contributed by atoms with van der Waals surface area (Å²) in [6.07, 6.45) is 0.916. The van der Waals surface area contributed by atoms with Crippen molar-refractivity contribution in [2.45, 2.75) is 38.4 Å². The maximum Gasteiger partial charge on any atom is 0.125 e. The van der Waals surface area contributed by atoms with Crippen LogP contribution in [0.2, 0.25) is 0 Å². The zero-order valence-corrected chi connectivity index (χ0v) is 12.0. The van der Waals surface area contributed by atoms with Crippen molar-refractivity contribution < 1.29 is 9.47 Å². The van der Waals surface area contributed by atoms with Crippen LogP contribution < -0.4 is 10.1 Å². The Morgan fingerprint density at radius 3 is 2.79 bits per heavy atom. The van der Waals surface area contributed by atoms with E-state index in [1.54, 1.807) is 0 Å². The van der Waals surface area contributed by atoms with Crippen LogP contribution in [0.3, 0.4) is 0 Å². The molecule has 0 radical (unpaired) electrons. The van der Waals surface area contributed by atoms with Crippen LogP contribution in [-0.2, 0) is 10.3 Å². The van der Waals surface area contributed by atoms with Crippen LogP contribution in [0.4, 0.5) is 0 Å². The Kier molecular flexibility index (Phi) is 3.06. The summed E-state index contributed by atoms with van der Waals surface area (Å²) in [5.41, 5.74) is 0.842. The Morgan fingerprint density at radius 2 is 2.00 bits per heavy atom. The standard InChI is InChI=1S/C16H23NO2/c1-12(2)15(3)10-17-11-16(19-15)8-9-18-14-7-5-4-6-13(14)16/h4-7,12,17H,8-11H2,1-3H3. The third-order valence-electron chi connectivity index (χ3n) is 4.68. The topological polar surface area (TPSA) is 30.5 Å². The van der Waals surface area contributed by atoms with Gasteiger partial charge in [0.1, 0.15) is 11.4 Å². The predicted molar refractivity (Wildman–Crippen MR) is 75.4 cm³/mol. The molecular weight excluding hydrogens is 238 g/mol. The SMILES string of the molecule is CC(C)C1(C)CNCC2(CCOc3ccccc32)O1. The van der Waals surface area contributed by atoms with Gasteiger partial charge in [0.2, 0.25) is 0 Å². The van der Waals surface area contributed by atoms with Crippen molar-refractivity contribution in [3.8, 4) is 5.75 Å². The van der Waals surface area contributed by atoms with E-state index in [0.29, 0.717) is 5.92 Å². The van der Waals surface area contributed by atoms with E-state index < -0.39 is 0 Å². The lowest BCUT2D eigenvalue weighted by Gasteiger charge is -2.51. The van der Waals surface area contributed by atoms with Crippen LogP contribution in [0, 0.1) is 5.92 Å². The normalized spacial score (nSPS) is 34.1. The van der Waals surface area contributed by atoms with Gasteiger partial charge in [0.05, 0.1) is 12.2 Å². The number of para-hydroxylation sites is 1. The van der Waals surface area contributed by atoms with Gasteiger partial charge in [0, 0.05) is 25.1 Å². The summed E-state index contributed by atoms with van der Waals surface area (Å²) in [6.45, 7) is 9.18. The average molecular weight is 261 g/mol. The van der Waals surface area contributed by atoms with E-state index in [1.807, 2.05) is 12.1 Å². The molecule has 2 unspecified atom stereocenters. The highest BCUT2D eigenvalue weighted by molar-refractivity contribution is 5.40. The first kappa shape index (κ1) is 12.9.